The average Bonchev–Trinajstić information content (AvgIpc) is 3.04. The third kappa shape index (κ3) is 5.19. The van der Waals surface area contributed by atoms with Gasteiger partial charge in [0.2, 0.25) is 0 Å². The van der Waals surface area contributed by atoms with Crippen LogP contribution in [0.4, 0.5) is 8.78 Å². The van der Waals surface area contributed by atoms with Gasteiger partial charge < -0.3 is 10.1 Å². The molecule has 1 saturated heterocycles. The summed E-state index contributed by atoms with van der Waals surface area (Å²) in [5.74, 6) is 0.883. The lowest BCUT2D eigenvalue weighted by Crippen LogP contribution is -2.46. The van der Waals surface area contributed by atoms with Crippen molar-refractivity contribution in [1.82, 2.24) is 10.2 Å². The van der Waals surface area contributed by atoms with E-state index in [0.29, 0.717) is 11.7 Å². The molecule has 0 spiro atoms. The van der Waals surface area contributed by atoms with Crippen molar-refractivity contribution >= 4 is 24.8 Å². The molecule has 1 aliphatic heterocycles. The normalized spacial score (nSPS) is 20.3. The van der Waals surface area contributed by atoms with Crippen LogP contribution in [0.15, 0.2) is 24.3 Å². The first kappa shape index (κ1) is 21.4. The van der Waals surface area contributed by atoms with E-state index in [2.05, 4.69) is 10.2 Å². The van der Waals surface area contributed by atoms with Gasteiger partial charge in [0.1, 0.15) is 5.75 Å². The summed E-state index contributed by atoms with van der Waals surface area (Å²) in [4.78, 5) is 2.44. The summed E-state index contributed by atoms with van der Waals surface area (Å²) in [6.45, 7) is 1.07. The summed E-state index contributed by atoms with van der Waals surface area (Å²) in [5.41, 5.74) is 0.927. The van der Waals surface area contributed by atoms with Gasteiger partial charge in [-0.3, -0.25) is 4.90 Å². The van der Waals surface area contributed by atoms with Crippen LogP contribution < -0.4 is 10.1 Å². The smallest absolute Gasteiger partial charge is 0.387 e. The van der Waals surface area contributed by atoms with Crippen LogP contribution >= 0.6 is 24.8 Å². The molecule has 3 rings (SSSR count). The lowest BCUT2D eigenvalue weighted by Gasteiger charge is -2.39. The standard InChI is InChI=1S/C17H24F2N2O.2ClH/c18-17(19)22-15-8-4-3-7-14(15)16(13-5-1-2-6-13)21-11-9-20-10-12-21;;/h3-4,7-8,13,16-17,20H,1-2,5-6,9-12H2;2*1H/t16-;;/m0../s1. The Hall–Kier alpha value is -0.620. The first-order valence-electron chi connectivity index (χ1n) is 8.24. The molecule has 138 valence electrons. The molecule has 24 heavy (non-hydrogen) atoms. The predicted molar refractivity (Wildman–Crippen MR) is 96.7 cm³/mol. The number of nitrogens with one attached hydrogen (secondary N) is 1. The minimum absolute atomic E-state index is 0. The molecule has 1 aromatic rings. The number of rotatable bonds is 5. The lowest BCUT2D eigenvalue weighted by molar-refractivity contribution is -0.0516. The van der Waals surface area contributed by atoms with Crippen molar-refractivity contribution in [2.24, 2.45) is 5.92 Å². The summed E-state index contributed by atoms with van der Waals surface area (Å²) in [6.07, 6.45) is 4.84. The second-order valence-corrected chi connectivity index (χ2v) is 6.19. The second-order valence-electron chi connectivity index (χ2n) is 6.19. The molecule has 0 amide bonds. The maximum absolute atomic E-state index is 12.7. The molecule has 3 nitrogen and oxygen atoms in total. The maximum Gasteiger partial charge on any atom is 0.387 e. The van der Waals surface area contributed by atoms with E-state index in [4.69, 9.17) is 4.74 Å². The highest BCUT2D eigenvalue weighted by molar-refractivity contribution is 5.85. The van der Waals surface area contributed by atoms with E-state index in [0.717, 1.165) is 31.7 Å². The van der Waals surface area contributed by atoms with Gasteiger partial charge in [-0.1, -0.05) is 31.0 Å². The van der Waals surface area contributed by atoms with Crippen molar-refractivity contribution in [3.8, 4) is 5.75 Å². The van der Waals surface area contributed by atoms with Crippen molar-refractivity contribution in [1.29, 1.82) is 0 Å². The van der Waals surface area contributed by atoms with Gasteiger partial charge in [-0.25, -0.2) is 0 Å². The van der Waals surface area contributed by atoms with Gasteiger partial charge >= 0.3 is 6.61 Å². The Kier molecular flexibility index (Phi) is 9.27. The van der Waals surface area contributed by atoms with E-state index < -0.39 is 6.61 Å². The summed E-state index contributed by atoms with van der Waals surface area (Å²) >= 11 is 0. The number of alkyl halides is 2. The number of ether oxygens (including phenoxy) is 1. The molecule has 2 fully saturated rings. The molecular weight excluding hydrogens is 357 g/mol. The van der Waals surface area contributed by atoms with Crippen LogP contribution in [0.3, 0.4) is 0 Å². The summed E-state index contributed by atoms with van der Waals surface area (Å²) in [7, 11) is 0. The SMILES string of the molecule is Cl.Cl.FC(F)Oc1ccccc1[C@H](C1CCCC1)N1CCNCC1. The molecule has 2 aliphatic rings. The zero-order valence-electron chi connectivity index (χ0n) is 13.6. The highest BCUT2D eigenvalue weighted by Crippen LogP contribution is 2.42. The minimum Gasteiger partial charge on any atom is -0.434 e. The van der Waals surface area contributed by atoms with Gasteiger partial charge in [-0.15, -0.1) is 24.8 Å². The molecule has 1 saturated carbocycles. The molecule has 0 aromatic heterocycles. The lowest BCUT2D eigenvalue weighted by atomic mass is 9.89. The molecule has 1 heterocycles. The molecule has 1 aromatic carbocycles. The summed E-state index contributed by atoms with van der Waals surface area (Å²) < 4.78 is 30.3. The number of para-hydroxylation sites is 1. The van der Waals surface area contributed by atoms with Crippen LogP contribution in [-0.2, 0) is 0 Å². The van der Waals surface area contributed by atoms with Crippen molar-refractivity contribution in [3.63, 3.8) is 0 Å². The fourth-order valence-electron chi connectivity index (χ4n) is 3.91. The highest BCUT2D eigenvalue weighted by atomic mass is 35.5. The largest absolute Gasteiger partial charge is 0.434 e. The van der Waals surface area contributed by atoms with E-state index in [9.17, 15) is 8.78 Å². The van der Waals surface area contributed by atoms with E-state index in [-0.39, 0.29) is 30.9 Å². The zero-order chi connectivity index (χ0) is 15.4. The minimum atomic E-state index is -2.77. The Labute approximate surface area is 154 Å². The quantitative estimate of drug-likeness (QED) is 0.822. The molecule has 0 bridgehead atoms. The van der Waals surface area contributed by atoms with E-state index >= 15 is 0 Å². The van der Waals surface area contributed by atoms with Gasteiger partial charge in [-0.2, -0.15) is 8.78 Å². The molecule has 1 aliphatic carbocycles. The Balaban J connectivity index is 0.00000144. The predicted octanol–water partition coefficient (Wildman–Crippen LogP) is 4.27. The zero-order valence-corrected chi connectivity index (χ0v) is 15.3. The Bertz CT molecular complexity index is 481. The third-order valence-corrected chi connectivity index (χ3v) is 4.85. The van der Waals surface area contributed by atoms with Crippen LogP contribution in [0.2, 0.25) is 0 Å². The Morgan fingerprint density at radius 2 is 1.67 bits per heavy atom. The number of benzene rings is 1. The number of halogens is 4. The van der Waals surface area contributed by atoms with Crippen molar-refractivity contribution in [3.05, 3.63) is 29.8 Å². The number of hydrogen-bond acceptors (Lipinski definition) is 3. The van der Waals surface area contributed by atoms with E-state index in [1.807, 2.05) is 12.1 Å². The molecular formula is C17H26Cl2F2N2O. The fourth-order valence-corrected chi connectivity index (χ4v) is 3.91. The van der Waals surface area contributed by atoms with E-state index in [1.54, 1.807) is 12.1 Å². The van der Waals surface area contributed by atoms with Crippen molar-refractivity contribution < 1.29 is 13.5 Å². The third-order valence-electron chi connectivity index (χ3n) is 4.85. The summed E-state index contributed by atoms with van der Waals surface area (Å²) in [5, 5.41) is 3.37. The fraction of sp³-hybridized carbons (Fsp3) is 0.647. The first-order chi connectivity index (χ1) is 10.8. The first-order valence-corrected chi connectivity index (χ1v) is 8.24. The van der Waals surface area contributed by atoms with Gasteiger partial charge in [0, 0.05) is 37.8 Å². The number of hydrogen-bond donors (Lipinski definition) is 1. The second kappa shape index (κ2) is 10.4. The maximum atomic E-state index is 12.7. The molecule has 0 radical (unpaired) electrons. The highest BCUT2D eigenvalue weighted by Gasteiger charge is 2.33. The molecule has 1 atom stereocenters. The van der Waals surface area contributed by atoms with Gasteiger partial charge in [0.15, 0.2) is 0 Å². The molecule has 7 heteroatoms. The van der Waals surface area contributed by atoms with Gasteiger partial charge in [0.25, 0.3) is 0 Å². The number of nitrogens with zero attached hydrogens (tertiary/aromatic N) is 1. The molecule has 1 N–H and O–H groups in total. The van der Waals surface area contributed by atoms with Gasteiger partial charge in [-0.05, 0) is 24.8 Å². The Morgan fingerprint density at radius 3 is 2.29 bits per heavy atom. The topological polar surface area (TPSA) is 24.5 Å². The van der Waals surface area contributed by atoms with Gasteiger partial charge in [0.05, 0.1) is 0 Å². The average molecular weight is 383 g/mol. The number of piperazine rings is 1. The summed E-state index contributed by atoms with van der Waals surface area (Å²) in [6, 6.07) is 7.52. The van der Waals surface area contributed by atoms with E-state index in [1.165, 1.54) is 25.7 Å². The van der Waals surface area contributed by atoms with Crippen LogP contribution in [0.1, 0.15) is 37.3 Å². The van der Waals surface area contributed by atoms with Crippen molar-refractivity contribution in [2.75, 3.05) is 26.2 Å². The monoisotopic (exact) mass is 382 g/mol. The van der Waals surface area contributed by atoms with Crippen LogP contribution in [0.25, 0.3) is 0 Å². The van der Waals surface area contributed by atoms with Crippen molar-refractivity contribution in [2.45, 2.75) is 38.3 Å². The van der Waals surface area contributed by atoms with Crippen LogP contribution in [-0.4, -0.2) is 37.7 Å². The molecule has 0 unspecified atom stereocenters. The van der Waals surface area contributed by atoms with Crippen LogP contribution in [0.5, 0.6) is 5.75 Å². The van der Waals surface area contributed by atoms with Crippen LogP contribution in [0, 0.1) is 5.92 Å². The Morgan fingerprint density at radius 1 is 1.04 bits per heavy atom.